The molecule has 142 valence electrons. The van der Waals surface area contributed by atoms with Crippen LogP contribution in [0.3, 0.4) is 0 Å². The van der Waals surface area contributed by atoms with E-state index in [9.17, 15) is 9.59 Å². The molecule has 2 amide bonds. The van der Waals surface area contributed by atoms with Crippen molar-refractivity contribution >= 4 is 23.5 Å². The van der Waals surface area contributed by atoms with E-state index in [2.05, 4.69) is 15.5 Å². The van der Waals surface area contributed by atoms with Gasteiger partial charge in [0.25, 0.3) is 5.91 Å². The van der Waals surface area contributed by atoms with Crippen LogP contribution in [0.1, 0.15) is 28.6 Å². The molecule has 3 aromatic rings. The molecule has 1 aromatic heterocycles. The monoisotopic (exact) mass is 378 g/mol. The van der Waals surface area contributed by atoms with Gasteiger partial charge in [-0.1, -0.05) is 23.3 Å². The predicted molar refractivity (Wildman–Crippen MR) is 101 cm³/mol. The largest absolute Gasteiger partial charge is 0.497 e. The number of hydrogen-bond acceptors (Lipinski definition) is 6. The Balaban J connectivity index is 1.44. The van der Waals surface area contributed by atoms with Crippen molar-refractivity contribution in [2.75, 3.05) is 23.9 Å². The van der Waals surface area contributed by atoms with Gasteiger partial charge in [0.2, 0.25) is 11.8 Å². The Bertz CT molecular complexity index is 985. The Labute approximate surface area is 161 Å². The van der Waals surface area contributed by atoms with Crippen molar-refractivity contribution in [3.05, 3.63) is 66.1 Å². The highest BCUT2D eigenvalue weighted by molar-refractivity contribution is 6.03. The quantitative estimate of drug-likeness (QED) is 0.733. The second-order valence-electron chi connectivity index (χ2n) is 6.37. The number of carbonyl (C=O) groups excluding carboxylic acids is 2. The van der Waals surface area contributed by atoms with Crippen molar-refractivity contribution in [3.8, 4) is 5.75 Å². The zero-order valence-corrected chi connectivity index (χ0v) is 15.2. The summed E-state index contributed by atoms with van der Waals surface area (Å²) in [6, 6.07) is 16.0. The number of nitrogens with zero attached hydrogens (tertiary/aromatic N) is 3. The van der Waals surface area contributed by atoms with Gasteiger partial charge in [0.1, 0.15) is 5.75 Å². The molecule has 0 unspecified atom stereocenters. The summed E-state index contributed by atoms with van der Waals surface area (Å²) < 4.78 is 10.7. The number of carbonyl (C=O) groups is 2. The van der Waals surface area contributed by atoms with Gasteiger partial charge in [-0.05, 0) is 36.4 Å². The molecule has 4 rings (SSSR count). The number of anilines is 2. The number of benzene rings is 2. The van der Waals surface area contributed by atoms with Gasteiger partial charge in [0, 0.05) is 24.2 Å². The minimum Gasteiger partial charge on any atom is -0.497 e. The van der Waals surface area contributed by atoms with Gasteiger partial charge in [-0.15, -0.1) is 5.10 Å². The molecule has 1 aliphatic heterocycles. The van der Waals surface area contributed by atoms with Crippen molar-refractivity contribution in [1.82, 2.24) is 10.2 Å². The molecular weight excluding hydrogens is 360 g/mol. The van der Waals surface area contributed by atoms with Crippen molar-refractivity contribution < 1.29 is 18.7 Å². The number of nitrogens with one attached hydrogen (secondary N) is 1. The van der Waals surface area contributed by atoms with E-state index in [1.807, 2.05) is 18.2 Å². The van der Waals surface area contributed by atoms with Crippen LogP contribution >= 0.6 is 0 Å². The molecule has 8 heteroatoms. The Morgan fingerprint density at radius 1 is 1.14 bits per heavy atom. The highest BCUT2D eigenvalue weighted by Crippen LogP contribution is 2.32. The molecule has 8 nitrogen and oxygen atoms in total. The summed E-state index contributed by atoms with van der Waals surface area (Å²) in [5.74, 6) is 0.459. The summed E-state index contributed by atoms with van der Waals surface area (Å²) in [6.45, 7) is 0.430. The second-order valence-corrected chi connectivity index (χ2v) is 6.37. The van der Waals surface area contributed by atoms with Crippen LogP contribution in [-0.4, -0.2) is 35.7 Å². The van der Waals surface area contributed by atoms with Crippen LogP contribution in [-0.2, 0) is 4.79 Å². The maximum atomic E-state index is 12.4. The smallest absolute Gasteiger partial charge is 0.322 e. The molecule has 1 fully saturated rings. The second kappa shape index (κ2) is 7.51. The van der Waals surface area contributed by atoms with Crippen molar-refractivity contribution in [2.45, 2.75) is 12.3 Å². The molecule has 0 radical (unpaired) electrons. The van der Waals surface area contributed by atoms with E-state index in [0.717, 1.165) is 11.4 Å². The van der Waals surface area contributed by atoms with Crippen LogP contribution in [0.25, 0.3) is 0 Å². The van der Waals surface area contributed by atoms with Crippen molar-refractivity contribution in [3.63, 3.8) is 0 Å². The Morgan fingerprint density at radius 3 is 2.61 bits per heavy atom. The fourth-order valence-electron chi connectivity index (χ4n) is 3.09. The molecular formula is C20H18N4O4. The first-order chi connectivity index (χ1) is 13.6. The van der Waals surface area contributed by atoms with E-state index in [1.54, 1.807) is 48.4 Å². The maximum Gasteiger partial charge on any atom is 0.322 e. The average molecular weight is 378 g/mol. The van der Waals surface area contributed by atoms with Gasteiger partial charge < -0.3 is 14.1 Å². The maximum absolute atomic E-state index is 12.4. The Morgan fingerprint density at radius 2 is 1.89 bits per heavy atom. The molecule has 1 saturated heterocycles. The predicted octanol–water partition coefficient (Wildman–Crippen LogP) is 2.85. The number of ether oxygens (including phenoxy) is 1. The summed E-state index contributed by atoms with van der Waals surface area (Å²) in [5.41, 5.74) is 1.27. The summed E-state index contributed by atoms with van der Waals surface area (Å²) in [7, 11) is 1.59. The normalized spacial score (nSPS) is 16.2. The van der Waals surface area contributed by atoms with Gasteiger partial charge in [0.15, 0.2) is 0 Å². The molecule has 1 aliphatic rings. The number of amides is 2. The summed E-state index contributed by atoms with van der Waals surface area (Å²) >= 11 is 0. The lowest BCUT2D eigenvalue weighted by Gasteiger charge is -2.16. The van der Waals surface area contributed by atoms with Crippen molar-refractivity contribution in [1.29, 1.82) is 0 Å². The minimum absolute atomic E-state index is 0.0131. The van der Waals surface area contributed by atoms with Crippen LogP contribution in [0.5, 0.6) is 5.75 Å². The first-order valence-electron chi connectivity index (χ1n) is 8.78. The molecule has 1 atom stereocenters. The molecule has 0 saturated carbocycles. The van der Waals surface area contributed by atoms with Crippen LogP contribution in [0.2, 0.25) is 0 Å². The lowest BCUT2D eigenvalue weighted by molar-refractivity contribution is -0.117. The van der Waals surface area contributed by atoms with E-state index in [0.29, 0.717) is 18.0 Å². The molecule has 2 heterocycles. The van der Waals surface area contributed by atoms with Crippen molar-refractivity contribution in [2.24, 2.45) is 0 Å². The van der Waals surface area contributed by atoms with Gasteiger partial charge in [-0.25, -0.2) is 0 Å². The molecule has 0 aliphatic carbocycles. The van der Waals surface area contributed by atoms with Crippen LogP contribution in [0.15, 0.2) is 59.0 Å². The fourth-order valence-corrected chi connectivity index (χ4v) is 3.09. The summed E-state index contributed by atoms with van der Waals surface area (Å²) in [5, 5.41) is 10.5. The first kappa shape index (κ1) is 17.7. The lowest BCUT2D eigenvalue weighted by Crippen LogP contribution is -2.24. The van der Waals surface area contributed by atoms with E-state index >= 15 is 0 Å². The molecule has 1 N–H and O–H groups in total. The van der Waals surface area contributed by atoms with E-state index in [4.69, 9.17) is 9.15 Å². The highest BCUT2D eigenvalue weighted by Gasteiger charge is 2.35. The average Bonchev–Trinajstić information content (AvgIpc) is 3.35. The highest BCUT2D eigenvalue weighted by atomic mass is 16.5. The third-order valence-corrected chi connectivity index (χ3v) is 4.56. The molecule has 0 spiro atoms. The lowest BCUT2D eigenvalue weighted by atomic mass is 10.1. The molecule has 0 bridgehead atoms. The number of rotatable bonds is 5. The van der Waals surface area contributed by atoms with E-state index in [-0.39, 0.29) is 30.2 Å². The SMILES string of the molecule is COc1ccc(N2C[C@H](c3nnc(NC(=O)c4ccccc4)o3)CC2=O)cc1. The Kier molecular flexibility index (Phi) is 4.76. The minimum atomic E-state index is -0.335. The first-order valence-corrected chi connectivity index (χ1v) is 8.78. The topological polar surface area (TPSA) is 97.6 Å². The number of hydrogen-bond donors (Lipinski definition) is 1. The van der Waals surface area contributed by atoms with Gasteiger partial charge >= 0.3 is 6.01 Å². The summed E-state index contributed by atoms with van der Waals surface area (Å²) in [6.07, 6.45) is 0.264. The number of methoxy groups -OCH3 is 1. The molecule has 2 aromatic carbocycles. The van der Waals surface area contributed by atoms with Gasteiger partial charge in [-0.2, -0.15) is 0 Å². The van der Waals surface area contributed by atoms with Gasteiger partial charge in [-0.3, -0.25) is 14.9 Å². The van der Waals surface area contributed by atoms with Gasteiger partial charge in [0.05, 0.1) is 13.0 Å². The van der Waals surface area contributed by atoms with Crippen LogP contribution in [0, 0.1) is 0 Å². The summed E-state index contributed by atoms with van der Waals surface area (Å²) in [4.78, 5) is 26.3. The van der Waals surface area contributed by atoms with Crippen LogP contribution < -0.4 is 15.0 Å². The van der Waals surface area contributed by atoms with E-state index < -0.39 is 0 Å². The molecule has 28 heavy (non-hydrogen) atoms. The standard InChI is InChI=1S/C20H18N4O4/c1-27-16-9-7-15(8-10-16)24-12-14(11-17(24)25)19-22-23-20(28-19)21-18(26)13-5-3-2-4-6-13/h2-10,14H,11-12H2,1H3,(H,21,23,26)/t14-/m1/s1. The third kappa shape index (κ3) is 3.57. The zero-order valence-electron chi connectivity index (χ0n) is 15.2. The third-order valence-electron chi connectivity index (χ3n) is 4.56. The van der Waals surface area contributed by atoms with E-state index in [1.165, 1.54) is 0 Å². The number of aromatic nitrogens is 2. The zero-order chi connectivity index (χ0) is 19.5. The van der Waals surface area contributed by atoms with Crippen LogP contribution in [0.4, 0.5) is 11.7 Å². The fraction of sp³-hybridized carbons (Fsp3) is 0.200. The Hall–Kier alpha value is -3.68.